The molecule has 2 fully saturated rings. The number of fused-ring (bicyclic) bond motifs is 3. The molecule has 1 aromatic carbocycles. The van der Waals surface area contributed by atoms with Crippen LogP contribution in [0.4, 0.5) is 20.4 Å². The number of aromatic nitrogens is 5. The third-order valence-electron chi connectivity index (χ3n) is 7.88. The van der Waals surface area contributed by atoms with E-state index < -0.39 is 11.6 Å². The number of rotatable bonds is 7. The molecular weight excluding hydrogens is 536 g/mol. The average Bonchev–Trinajstić information content (AvgIpc) is 3.67. The van der Waals surface area contributed by atoms with Crippen LogP contribution in [0.15, 0.2) is 45.8 Å². The average molecular weight is 566 g/mol. The predicted molar refractivity (Wildman–Crippen MR) is 148 cm³/mol. The second-order valence-electron chi connectivity index (χ2n) is 10.4. The van der Waals surface area contributed by atoms with E-state index in [0.29, 0.717) is 86.2 Å². The van der Waals surface area contributed by atoms with E-state index >= 15 is 0 Å². The van der Waals surface area contributed by atoms with Crippen LogP contribution in [0.1, 0.15) is 0 Å². The molecule has 0 atom stereocenters. The Labute approximate surface area is 232 Å². The third-order valence-corrected chi connectivity index (χ3v) is 7.88. The van der Waals surface area contributed by atoms with Crippen molar-refractivity contribution in [2.24, 2.45) is 7.05 Å². The molecule has 2 saturated heterocycles. The number of nitrogen functional groups attached to an aromatic ring is 1. The minimum absolute atomic E-state index is 0.0704. The van der Waals surface area contributed by atoms with Crippen LogP contribution in [0.2, 0.25) is 0 Å². The monoisotopic (exact) mass is 565 g/mol. The quantitative estimate of drug-likeness (QED) is 0.303. The molecule has 12 nitrogen and oxygen atoms in total. The van der Waals surface area contributed by atoms with Gasteiger partial charge in [0.1, 0.15) is 23.1 Å². The number of nitrogens with zero attached hydrogens (tertiary/aromatic N) is 7. The second kappa shape index (κ2) is 9.89. The van der Waals surface area contributed by atoms with Gasteiger partial charge in [0.25, 0.3) is 0 Å². The summed E-state index contributed by atoms with van der Waals surface area (Å²) >= 11 is 0. The summed E-state index contributed by atoms with van der Waals surface area (Å²) in [5, 5.41) is 7.59. The maximum absolute atomic E-state index is 14.7. The first-order valence-corrected chi connectivity index (χ1v) is 13.5. The Morgan fingerprint density at radius 3 is 2.63 bits per heavy atom. The summed E-state index contributed by atoms with van der Waals surface area (Å²) < 4.78 is 44.8. The largest absolute Gasteiger partial charge is 0.485 e. The van der Waals surface area contributed by atoms with Crippen LogP contribution in [0.3, 0.4) is 0 Å². The highest BCUT2D eigenvalue weighted by Crippen LogP contribution is 2.30. The molecule has 2 aliphatic rings. The Bertz CT molecular complexity index is 1800. The molecule has 2 aliphatic heterocycles. The summed E-state index contributed by atoms with van der Waals surface area (Å²) in [6, 6.07) is 7.76. The van der Waals surface area contributed by atoms with Crippen molar-refractivity contribution in [3.8, 4) is 17.2 Å². The smallest absolute Gasteiger partial charge is 0.330 e. The van der Waals surface area contributed by atoms with Crippen LogP contribution in [0.25, 0.3) is 28.1 Å². The zero-order chi connectivity index (χ0) is 28.2. The minimum atomic E-state index is -0.697. The Hall–Kier alpha value is -4.43. The number of nitrogens with one attached hydrogen (secondary N) is 1. The first-order chi connectivity index (χ1) is 19.9. The lowest BCUT2D eigenvalue weighted by Gasteiger charge is -2.36. The summed E-state index contributed by atoms with van der Waals surface area (Å²) in [5.41, 5.74) is 8.73. The number of aryl methyl sites for hydroxylation is 1. The van der Waals surface area contributed by atoms with Crippen LogP contribution >= 0.6 is 0 Å². The molecule has 41 heavy (non-hydrogen) atoms. The zero-order valence-corrected chi connectivity index (χ0v) is 22.4. The summed E-state index contributed by atoms with van der Waals surface area (Å²) in [6.45, 7) is 4.67. The van der Waals surface area contributed by atoms with Crippen LogP contribution in [-0.2, 0) is 13.6 Å². The van der Waals surface area contributed by atoms with Gasteiger partial charge in [-0.15, -0.1) is 0 Å². The van der Waals surface area contributed by atoms with Gasteiger partial charge in [-0.2, -0.15) is 14.6 Å². The number of imidazole rings is 1. The van der Waals surface area contributed by atoms with E-state index in [1.807, 2.05) is 11.0 Å². The van der Waals surface area contributed by atoms with E-state index in [4.69, 9.17) is 14.9 Å². The number of ether oxygens (including phenoxy) is 1. The maximum atomic E-state index is 14.7. The Morgan fingerprint density at radius 1 is 1.12 bits per heavy atom. The van der Waals surface area contributed by atoms with Crippen molar-refractivity contribution < 1.29 is 17.9 Å². The van der Waals surface area contributed by atoms with Crippen molar-refractivity contribution in [2.75, 3.05) is 56.4 Å². The van der Waals surface area contributed by atoms with E-state index in [9.17, 15) is 13.6 Å². The Morgan fingerprint density at radius 2 is 1.93 bits per heavy atom. The minimum Gasteiger partial charge on any atom is -0.485 e. The fourth-order valence-corrected chi connectivity index (χ4v) is 5.50. The molecular formula is C27H29F2N9O3. The van der Waals surface area contributed by atoms with Crippen LogP contribution in [0, 0.1) is 11.6 Å². The number of anilines is 2. The van der Waals surface area contributed by atoms with Crippen LogP contribution in [-0.4, -0.2) is 80.5 Å². The molecule has 3 N–H and O–H groups in total. The molecule has 0 aliphatic carbocycles. The van der Waals surface area contributed by atoms with E-state index in [-0.39, 0.29) is 23.5 Å². The standard InChI is InChI=1S/C27H29F2N9O3/c1-34-24-21-12-19(22-3-2-10-40-22)33-38(21)26(30)32-25(24)37(27(34)39)9-6-35-4-7-36(8-5-35)20-13-23(18(29)11-17(20)28)41-16-14-31-15-16/h2-3,10-13,16,31H,4-9,14-15H2,1H3,(H2,30,32). The van der Waals surface area contributed by atoms with E-state index in [1.165, 1.54) is 10.6 Å². The van der Waals surface area contributed by atoms with Crippen molar-refractivity contribution in [1.82, 2.24) is 33.9 Å². The molecule has 0 radical (unpaired) electrons. The van der Waals surface area contributed by atoms with Crippen molar-refractivity contribution >= 4 is 28.3 Å². The number of hydrogen-bond donors (Lipinski definition) is 2. The van der Waals surface area contributed by atoms with Crippen LogP contribution in [0.5, 0.6) is 5.75 Å². The summed E-state index contributed by atoms with van der Waals surface area (Å²) in [5.74, 6) is -0.485. The lowest BCUT2D eigenvalue weighted by Crippen LogP contribution is -2.50. The normalized spacial score (nSPS) is 16.6. The molecule has 0 spiro atoms. The fourth-order valence-electron chi connectivity index (χ4n) is 5.50. The molecule has 7 rings (SSSR count). The van der Waals surface area contributed by atoms with Crippen molar-refractivity contribution in [3.63, 3.8) is 0 Å². The van der Waals surface area contributed by atoms with Crippen molar-refractivity contribution in [1.29, 1.82) is 0 Å². The zero-order valence-electron chi connectivity index (χ0n) is 22.4. The summed E-state index contributed by atoms with van der Waals surface area (Å²) in [7, 11) is 1.70. The van der Waals surface area contributed by atoms with Gasteiger partial charge in [0.2, 0.25) is 5.95 Å². The maximum Gasteiger partial charge on any atom is 0.330 e. The number of halogens is 2. The highest BCUT2D eigenvalue weighted by atomic mass is 19.1. The van der Waals surface area contributed by atoms with Crippen LogP contribution < -0.4 is 26.4 Å². The first kappa shape index (κ1) is 25.5. The molecule has 6 heterocycles. The molecule has 0 saturated carbocycles. The van der Waals surface area contributed by atoms with E-state index in [0.717, 1.165) is 6.07 Å². The van der Waals surface area contributed by atoms with Gasteiger partial charge >= 0.3 is 5.69 Å². The molecule has 14 heteroatoms. The lowest BCUT2D eigenvalue weighted by molar-refractivity contribution is 0.136. The van der Waals surface area contributed by atoms with Gasteiger partial charge in [0.15, 0.2) is 23.0 Å². The Kier molecular flexibility index (Phi) is 6.16. The number of nitrogens with two attached hydrogens (primary N) is 1. The van der Waals surface area contributed by atoms with Gasteiger partial charge in [-0.05, 0) is 18.2 Å². The molecule has 4 aromatic heterocycles. The van der Waals surface area contributed by atoms with Gasteiger partial charge < -0.3 is 25.1 Å². The predicted octanol–water partition coefficient (Wildman–Crippen LogP) is 1.68. The summed E-state index contributed by atoms with van der Waals surface area (Å²) in [6.07, 6.45) is 1.46. The van der Waals surface area contributed by atoms with Gasteiger partial charge in [-0.25, -0.2) is 13.6 Å². The van der Waals surface area contributed by atoms with Crippen molar-refractivity contribution in [2.45, 2.75) is 12.6 Å². The Balaban J connectivity index is 1.08. The SMILES string of the molecule is Cn1c(=O)n(CCN2CCN(c3cc(OC4CNC4)c(F)cc3F)CC2)c2nc(N)n3nc(-c4ccco4)cc3c21. The number of benzene rings is 1. The number of furan rings is 1. The van der Waals surface area contributed by atoms with Gasteiger partial charge in [0.05, 0.1) is 17.5 Å². The highest BCUT2D eigenvalue weighted by molar-refractivity contribution is 5.91. The van der Waals surface area contributed by atoms with E-state index in [1.54, 1.807) is 34.6 Å². The van der Waals surface area contributed by atoms with Crippen molar-refractivity contribution in [3.05, 3.63) is 58.7 Å². The van der Waals surface area contributed by atoms with E-state index in [2.05, 4.69) is 20.3 Å². The first-order valence-electron chi connectivity index (χ1n) is 13.5. The van der Waals surface area contributed by atoms with Gasteiger partial charge in [-0.3, -0.25) is 14.0 Å². The number of piperazine rings is 1. The van der Waals surface area contributed by atoms with Gasteiger partial charge in [0, 0.05) is 71.5 Å². The third kappa shape index (κ3) is 4.39. The molecule has 0 amide bonds. The highest BCUT2D eigenvalue weighted by Gasteiger charge is 2.26. The topological polar surface area (TPSA) is 124 Å². The lowest BCUT2D eigenvalue weighted by atomic mass is 10.2. The molecule has 0 bridgehead atoms. The second-order valence-corrected chi connectivity index (χ2v) is 10.4. The van der Waals surface area contributed by atoms with Gasteiger partial charge in [-0.1, -0.05) is 0 Å². The fraction of sp³-hybridized carbons (Fsp3) is 0.370. The summed E-state index contributed by atoms with van der Waals surface area (Å²) in [4.78, 5) is 21.9. The number of hydrogen-bond acceptors (Lipinski definition) is 9. The molecule has 5 aromatic rings. The molecule has 0 unspecified atom stereocenters. The molecule has 214 valence electrons.